The van der Waals surface area contributed by atoms with Gasteiger partial charge in [-0.25, -0.2) is 0 Å². The van der Waals surface area contributed by atoms with Crippen LogP contribution in [0, 0.1) is 0 Å². The summed E-state index contributed by atoms with van der Waals surface area (Å²) in [6, 6.07) is 125. The molecule has 444 valence electrons. The van der Waals surface area contributed by atoms with E-state index >= 15 is 0 Å². The minimum absolute atomic E-state index is 0.106. The molecule has 0 amide bonds. The molecule has 0 bridgehead atoms. The van der Waals surface area contributed by atoms with Gasteiger partial charge in [0.15, 0.2) is 0 Å². The third-order valence-corrected chi connectivity index (χ3v) is 22.9. The Morgan fingerprint density at radius 2 is 0.779 bits per heavy atom. The van der Waals surface area contributed by atoms with Gasteiger partial charge in [0.05, 0.1) is 0 Å². The monoisotopic (exact) mass is 1290 g/mol. The van der Waals surface area contributed by atoms with Crippen molar-refractivity contribution >= 4 is 161 Å². The van der Waals surface area contributed by atoms with Crippen molar-refractivity contribution in [3.63, 3.8) is 0 Å². The van der Waals surface area contributed by atoms with Crippen molar-refractivity contribution in [2.45, 2.75) is 9.79 Å². The normalized spacial score (nSPS) is 12.9. The zero-order valence-electron chi connectivity index (χ0n) is 51.5. The number of nitrogens with zero attached hydrogens (tertiary/aromatic N) is 6. The Bertz CT molecular complexity index is 5120. The van der Waals surface area contributed by atoms with E-state index in [-0.39, 0.29) is 28.4 Å². The molecule has 4 aliphatic heterocycles. The molecule has 95 heavy (non-hydrogen) atoms. The van der Waals surface area contributed by atoms with Crippen molar-refractivity contribution in [3.05, 3.63) is 340 Å². The molecule has 0 unspecified atom stereocenters. The van der Waals surface area contributed by atoms with Gasteiger partial charge in [-0.05, 0) is 0 Å². The topological polar surface area (TPSA) is 30.8 Å². The van der Waals surface area contributed by atoms with Crippen LogP contribution in [0.2, 0.25) is 0 Å². The zero-order chi connectivity index (χ0) is 62.5. The molecular formula is C85H56B2N6SSe. The summed E-state index contributed by atoms with van der Waals surface area (Å²) in [5, 5.41) is 0. The van der Waals surface area contributed by atoms with Crippen LogP contribution < -0.4 is 61.3 Å². The van der Waals surface area contributed by atoms with Crippen LogP contribution in [0.4, 0.5) is 68.2 Å². The van der Waals surface area contributed by atoms with Gasteiger partial charge < -0.3 is 0 Å². The molecule has 0 aliphatic carbocycles. The van der Waals surface area contributed by atoms with E-state index < -0.39 is 0 Å². The van der Waals surface area contributed by atoms with E-state index in [1.165, 1.54) is 79.8 Å². The SMILES string of the molecule is c1ccc(-c2nc3cc(-c4c5c(cc6c4[Se]c4cc(N(c7ccccc7)c7ccccc7)cc7c4B6c4ccccc4N7c4ccccc4)B4c6ccccc6N(c6ccccc6)c6cc(N(c7ccccc7)c7ccccc7)cc(c64)S5)ccc3n2-c2ccccc2)cc1. The number of imidazole rings is 1. The third-order valence-electron chi connectivity index (χ3n) is 19.2. The average Bonchev–Trinajstić information content (AvgIpc) is 0.970. The van der Waals surface area contributed by atoms with E-state index in [0.717, 1.165) is 79.2 Å². The van der Waals surface area contributed by atoms with Gasteiger partial charge in [0, 0.05) is 0 Å². The Kier molecular flexibility index (Phi) is 13.3. The minimum atomic E-state index is -0.239. The molecule has 0 radical (unpaired) electrons. The molecule has 4 aliphatic rings. The van der Waals surface area contributed by atoms with E-state index in [9.17, 15) is 0 Å². The summed E-state index contributed by atoms with van der Waals surface area (Å²) in [7, 11) is 0. The van der Waals surface area contributed by atoms with Crippen molar-refractivity contribution in [1.82, 2.24) is 9.55 Å². The first kappa shape index (κ1) is 55.4. The maximum atomic E-state index is 5.70. The second-order valence-electron chi connectivity index (χ2n) is 24.6. The molecule has 14 aromatic carbocycles. The molecule has 0 spiro atoms. The summed E-state index contributed by atoms with van der Waals surface area (Å²) in [6.07, 6.45) is 0. The van der Waals surface area contributed by atoms with Crippen molar-refractivity contribution in [2.24, 2.45) is 0 Å². The van der Waals surface area contributed by atoms with Gasteiger partial charge in [0.25, 0.3) is 0 Å². The van der Waals surface area contributed by atoms with Crippen LogP contribution in [-0.2, 0) is 0 Å². The summed E-state index contributed by atoms with van der Waals surface area (Å²) in [4.78, 5) is 18.2. The van der Waals surface area contributed by atoms with Crippen LogP contribution >= 0.6 is 11.8 Å². The summed E-state index contributed by atoms with van der Waals surface area (Å²) in [5.74, 6) is 0.911. The van der Waals surface area contributed by atoms with Crippen LogP contribution in [0.15, 0.2) is 350 Å². The number of hydrogen-bond donors (Lipinski definition) is 0. The summed E-state index contributed by atoms with van der Waals surface area (Å²) in [5.41, 5.74) is 28.1. The van der Waals surface area contributed by atoms with Gasteiger partial charge in [-0.2, -0.15) is 0 Å². The molecule has 1 aromatic heterocycles. The fourth-order valence-electron chi connectivity index (χ4n) is 15.2. The molecule has 5 heterocycles. The van der Waals surface area contributed by atoms with E-state index in [4.69, 9.17) is 4.98 Å². The Morgan fingerprint density at radius 3 is 1.31 bits per heavy atom. The van der Waals surface area contributed by atoms with Crippen LogP contribution in [0.5, 0.6) is 0 Å². The van der Waals surface area contributed by atoms with Crippen molar-refractivity contribution < 1.29 is 0 Å². The fraction of sp³-hybridized carbons (Fsp3) is 0. The van der Waals surface area contributed by atoms with E-state index in [1.807, 2.05) is 11.8 Å². The molecule has 0 atom stereocenters. The molecule has 0 fully saturated rings. The van der Waals surface area contributed by atoms with Crippen LogP contribution in [0.25, 0.3) is 39.2 Å². The van der Waals surface area contributed by atoms with Crippen LogP contribution in [0.1, 0.15) is 0 Å². The molecule has 19 rings (SSSR count). The van der Waals surface area contributed by atoms with E-state index in [2.05, 4.69) is 364 Å². The fourth-order valence-corrected chi connectivity index (χ4v) is 19.6. The average molecular weight is 1290 g/mol. The second-order valence-corrected chi connectivity index (χ2v) is 27.8. The van der Waals surface area contributed by atoms with E-state index in [1.54, 1.807) is 0 Å². The maximum absolute atomic E-state index is 5.70. The number of benzene rings is 14. The number of rotatable bonds is 11. The first-order valence-corrected chi connectivity index (χ1v) is 34.9. The molecule has 15 aromatic rings. The first-order chi connectivity index (χ1) is 47.2. The van der Waals surface area contributed by atoms with E-state index in [0.29, 0.717) is 0 Å². The van der Waals surface area contributed by atoms with Crippen LogP contribution in [0.3, 0.4) is 0 Å². The number of aromatic nitrogens is 2. The van der Waals surface area contributed by atoms with Gasteiger partial charge in [-0.15, -0.1) is 0 Å². The molecule has 0 N–H and O–H groups in total. The second kappa shape index (κ2) is 22.8. The molecular weight excluding hydrogens is 1240 g/mol. The summed E-state index contributed by atoms with van der Waals surface area (Å²) < 4.78 is 5.10. The first-order valence-electron chi connectivity index (χ1n) is 32.4. The third kappa shape index (κ3) is 9.08. The van der Waals surface area contributed by atoms with Crippen molar-refractivity contribution in [3.8, 4) is 28.2 Å². The molecule has 10 heteroatoms. The summed E-state index contributed by atoms with van der Waals surface area (Å²) in [6.45, 7) is -0.232. The number of anilines is 12. The van der Waals surface area contributed by atoms with Gasteiger partial charge in [0.1, 0.15) is 0 Å². The Hall–Kier alpha value is -11.3. The van der Waals surface area contributed by atoms with Crippen LogP contribution in [-0.4, -0.2) is 37.9 Å². The number of para-hydroxylation sites is 9. The summed E-state index contributed by atoms with van der Waals surface area (Å²) >= 11 is 1.71. The van der Waals surface area contributed by atoms with Crippen molar-refractivity contribution in [2.75, 3.05) is 19.6 Å². The van der Waals surface area contributed by atoms with Gasteiger partial charge in [0.2, 0.25) is 0 Å². The molecule has 0 saturated heterocycles. The van der Waals surface area contributed by atoms with Gasteiger partial charge in [-0.3, -0.25) is 0 Å². The van der Waals surface area contributed by atoms with Crippen molar-refractivity contribution in [1.29, 1.82) is 0 Å². The predicted octanol–water partition coefficient (Wildman–Crippen LogP) is 16.3. The Morgan fingerprint density at radius 1 is 0.337 bits per heavy atom. The standard InChI is InChI=1S/C85H56B2N6SSe/c1-9-29-57(30-10-1)85-88-72-51-58(49-50-75(72)93(85)65-43-23-8-24-44-65)80-83-70(86-68-45-25-27-47-73(68)91(63-39-19-6-20-40-63)76-52-66(54-78(94-83)81(76)86)89(59-31-11-2-12-32-59)60-33-13-3-14-34-60)56-71-84(80)95-79-55-67(90(61-35-15-4-16-36-61)62-37-17-5-18-38-62)53-77-82(79)87(71)69-46-26-28-48-74(69)92(77)64-41-21-7-22-42-64/h1-56H. The Labute approximate surface area is 564 Å². The number of hydrogen-bond acceptors (Lipinski definition) is 6. The molecule has 0 saturated carbocycles. The predicted molar refractivity (Wildman–Crippen MR) is 402 cm³/mol. The zero-order valence-corrected chi connectivity index (χ0v) is 54.0. The Balaban J connectivity index is 0.924. The van der Waals surface area contributed by atoms with Gasteiger partial charge in [-0.1, -0.05) is 0 Å². The van der Waals surface area contributed by atoms with Gasteiger partial charge >= 0.3 is 568 Å². The quantitative estimate of drug-likeness (QED) is 0.120. The molecule has 6 nitrogen and oxygen atoms in total. The number of fused-ring (bicyclic) bond motifs is 9.